The standard InChI is InChI=1S/C10H13NO4S/c1-6(12)8(9(14)7(2)13)10(15)11-4-3-5-16/h5,12H,3-4H2,1-2H3,(H,11,15)/b8-6-. The molecule has 2 N–H and O–H groups in total. The molecule has 0 heterocycles. The molecular weight excluding hydrogens is 230 g/mol. The fourth-order valence-electron chi connectivity index (χ4n) is 0.941. The number of Topliss-reactive ketones (excluding diaryl/α,β-unsaturated/α-hetero) is 2. The van der Waals surface area contributed by atoms with Crippen molar-refractivity contribution in [2.45, 2.75) is 20.3 Å². The van der Waals surface area contributed by atoms with E-state index in [1.807, 2.05) is 0 Å². The van der Waals surface area contributed by atoms with Crippen LogP contribution in [0.4, 0.5) is 0 Å². The van der Waals surface area contributed by atoms with Gasteiger partial charge >= 0.3 is 0 Å². The van der Waals surface area contributed by atoms with Crippen molar-refractivity contribution in [3.05, 3.63) is 11.3 Å². The molecule has 0 aromatic heterocycles. The summed E-state index contributed by atoms with van der Waals surface area (Å²) in [5.74, 6) is -3.04. The molecule has 0 atom stereocenters. The van der Waals surface area contributed by atoms with Crippen LogP contribution in [0.5, 0.6) is 0 Å². The minimum Gasteiger partial charge on any atom is -0.512 e. The van der Waals surface area contributed by atoms with Gasteiger partial charge in [-0.2, -0.15) is 0 Å². The maximum absolute atomic E-state index is 11.5. The second-order valence-electron chi connectivity index (χ2n) is 3.06. The minimum atomic E-state index is -1.00. The topological polar surface area (TPSA) is 83.5 Å². The molecule has 0 saturated carbocycles. The van der Waals surface area contributed by atoms with Crippen LogP contribution in [0.2, 0.25) is 0 Å². The third-order valence-electron chi connectivity index (χ3n) is 1.68. The van der Waals surface area contributed by atoms with E-state index in [0.717, 1.165) is 6.92 Å². The number of aliphatic hydroxyl groups excluding tert-OH is 1. The van der Waals surface area contributed by atoms with Gasteiger partial charge in [0, 0.05) is 13.5 Å². The molecule has 0 aliphatic carbocycles. The first-order chi connectivity index (χ1) is 7.41. The zero-order chi connectivity index (χ0) is 12.7. The Balaban J connectivity index is 4.77. The van der Waals surface area contributed by atoms with Gasteiger partial charge in [0.05, 0.1) is 0 Å². The lowest BCUT2D eigenvalue weighted by Gasteiger charge is -2.06. The van der Waals surface area contributed by atoms with Crippen molar-refractivity contribution in [3.8, 4) is 0 Å². The van der Waals surface area contributed by atoms with E-state index in [4.69, 9.17) is 0 Å². The molecule has 0 saturated heterocycles. The van der Waals surface area contributed by atoms with Crippen molar-refractivity contribution in [2.24, 2.45) is 0 Å². The zero-order valence-electron chi connectivity index (χ0n) is 9.07. The van der Waals surface area contributed by atoms with Crippen LogP contribution in [0.1, 0.15) is 20.3 Å². The first-order valence-corrected chi connectivity index (χ1v) is 5.05. The van der Waals surface area contributed by atoms with Gasteiger partial charge in [0.25, 0.3) is 5.91 Å². The number of rotatable bonds is 6. The Labute approximate surface area is 98.5 Å². The highest BCUT2D eigenvalue weighted by Gasteiger charge is 2.24. The molecule has 0 aromatic carbocycles. The van der Waals surface area contributed by atoms with Crippen LogP contribution < -0.4 is 5.32 Å². The average molecular weight is 243 g/mol. The Morgan fingerprint density at radius 2 is 1.88 bits per heavy atom. The van der Waals surface area contributed by atoms with Crippen LogP contribution in [0, 0.1) is 0 Å². The average Bonchev–Trinajstić information content (AvgIpc) is 2.17. The van der Waals surface area contributed by atoms with E-state index in [-0.39, 0.29) is 6.54 Å². The number of aliphatic hydroxyl groups is 1. The fourth-order valence-corrected chi connectivity index (χ4v) is 1.06. The van der Waals surface area contributed by atoms with Gasteiger partial charge in [-0.15, -0.1) is 0 Å². The van der Waals surface area contributed by atoms with E-state index in [9.17, 15) is 19.5 Å². The van der Waals surface area contributed by atoms with Crippen LogP contribution in [0.25, 0.3) is 0 Å². The molecule has 0 spiro atoms. The second-order valence-corrected chi connectivity index (χ2v) is 3.39. The molecule has 0 aromatic rings. The summed E-state index contributed by atoms with van der Waals surface area (Å²) in [7, 11) is 0. The summed E-state index contributed by atoms with van der Waals surface area (Å²) < 4.78 is 0. The van der Waals surface area contributed by atoms with E-state index in [0.29, 0.717) is 6.42 Å². The lowest BCUT2D eigenvalue weighted by atomic mass is 10.1. The van der Waals surface area contributed by atoms with Gasteiger partial charge in [0.1, 0.15) is 11.3 Å². The summed E-state index contributed by atoms with van der Waals surface area (Å²) in [5, 5.41) is 13.0. The van der Waals surface area contributed by atoms with Gasteiger partial charge in [-0.1, -0.05) is 12.2 Å². The molecular formula is C10H13NO4S. The summed E-state index contributed by atoms with van der Waals surface area (Å²) in [5.41, 5.74) is -0.517. The van der Waals surface area contributed by atoms with Gasteiger partial charge in [0.2, 0.25) is 11.6 Å². The monoisotopic (exact) mass is 243 g/mol. The molecule has 0 fully saturated rings. The number of amides is 1. The van der Waals surface area contributed by atoms with Crippen molar-refractivity contribution in [2.75, 3.05) is 6.54 Å². The van der Waals surface area contributed by atoms with Crippen LogP contribution >= 0.6 is 12.2 Å². The maximum atomic E-state index is 11.5. The highest BCUT2D eigenvalue weighted by Crippen LogP contribution is 2.04. The van der Waals surface area contributed by atoms with E-state index < -0.39 is 28.8 Å². The van der Waals surface area contributed by atoms with Crippen molar-refractivity contribution in [1.29, 1.82) is 0 Å². The number of hydrogen-bond acceptors (Lipinski definition) is 5. The number of nitrogens with one attached hydrogen (secondary N) is 1. The van der Waals surface area contributed by atoms with E-state index in [2.05, 4.69) is 17.5 Å². The molecule has 16 heavy (non-hydrogen) atoms. The largest absolute Gasteiger partial charge is 0.512 e. The number of carbonyl (C=O) groups excluding carboxylic acids is 3. The Hall–Kier alpha value is -1.56. The molecule has 5 nitrogen and oxygen atoms in total. The molecule has 0 rings (SSSR count). The second kappa shape index (κ2) is 6.84. The number of carbonyl (C=O) groups is 3. The van der Waals surface area contributed by atoms with Crippen molar-refractivity contribution in [1.82, 2.24) is 5.32 Å². The predicted octanol–water partition coefficient (Wildman–Crippen LogP) is 0.483. The molecule has 1 amide bonds. The molecule has 0 aliphatic heterocycles. The minimum absolute atomic E-state index is 0.254. The third-order valence-corrected chi connectivity index (χ3v) is 1.92. The van der Waals surface area contributed by atoms with Gasteiger partial charge in [-0.25, -0.2) is 0 Å². The SMILES string of the molecule is CC(=O)C(=O)/C(C(=O)NCCC=S)=C(\C)O. The van der Waals surface area contributed by atoms with Gasteiger partial charge < -0.3 is 10.4 Å². The highest BCUT2D eigenvalue weighted by atomic mass is 32.1. The van der Waals surface area contributed by atoms with Gasteiger partial charge in [-0.3, -0.25) is 14.4 Å². The van der Waals surface area contributed by atoms with E-state index >= 15 is 0 Å². The molecule has 0 radical (unpaired) electrons. The number of thiocarbonyl (C=S) groups is 1. The quantitative estimate of drug-likeness (QED) is 0.135. The van der Waals surface area contributed by atoms with Crippen LogP contribution in [0.3, 0.4) is 0 Å². The van der Waals surface area contributed by atoms with E-state index in [1.165, 1.54) is 12.3 Å². The Bertz CT molecular complexity index is 356. The summed E-state index contributed by atoms with van der Waals surface area (Å²) >= 11 is 4.56. The summed E-state index contributed by atoms with van der Waals surface area (Å²) in [6, 6.07) is 0. The molecule has 0 unspecified atom stereocenters. The summed E-state index contributed by atoms with van der Waals surface area (Å²) in [6.45, 7) is 2.47. The molecule has 0 bridgehead atoms. The Morgan fingerprint density at radius 1 is 1.31 bits per heavy atom. The lowest BCUT2D eigenvalue weighted by Crippen LogP contribution is -2.32. The number of ketones is 2. The van der Waals surface area contributed by atoms with E-state index in [1.54, 1.807) is 0 Å². The van der Waals surface area contributed by atoms with Gasteiger partial charge in [0.15, 0.2) is 0 Å². The van der Waals surface area contributed by atoms with Crippen LogP contribution in [0.15, 0.2) is 11.3 Å². The maximum Gasteiger partial charge on any atom is 0.258 e. The smallest absolute Gasteiger partial charge is 0.258 e. The fraction of sp³-hybridized carbons (Fsp3) is 0.400. The number of hydrogen-bond donors (Lipinski definition) is 2. The first kappa shape index (κ1) is 14.4. The number of allylic oxidation sites excluding steroid dienone is 1. The predicted molar refractivity (Wildman–Crippen MR) is 62.3 cm³/mol. The Morgan fingerprint density at radius 3 is 2.25 bits per heavy atom. The summed E-state index contributed by atoms with van der Waals surface area (Å²) in [4.78, 5) is 33.6. The van der Waals surface area contributed by atoms with Crippen molar-refractivity contribution >= 4 is 35.1 Å². The van der Waals surface area contributed by atoms with Crippen LogP contribution in [-0.4, -0.2) is 34.5 Å². The Kier molecular flexibility index (Phi) is 6.17. The molecule has 0 aliphatic rings. The normalized spacial score (nSPS) is 11.4. The van der Waals surface area contributed by atoms with Crippen LogP contribution in [-0.2, 0) is 14.4 Å². The molecule has 88 valence electrons. The third kappa shape index (κ3) is 4.31. The van der Waals surface area contributed by atoms with Crippen molar-refractivity contribution < 1.29 is 19.5 Å². The molecule has 6 heteroatoms. The lowest BCUT2D eigenvalue weighted by molar-refractivity contribution is -0.134. The highest BCUT2D eigenvalue weighted by molar-refractivity contribution is 7.78. The first-order valence-electron chi connectivity index (χ1n) is 4.58. The van der Waals surface area contributed by atoms with Crippen molar-refractivity contribution in [3.63, 3.8) is 0 Å². The zero-order valence-corrected chi connectivity index (χ0v) is 9.89. The van der Waals surface area contributed by atoms with Gasteiger partial charge in [-0.05, 0) is 18.7 Å². The summed E-state index contributed by atoms with van der Waals surface area (Å²) in [6.07, 6.45) is 0.465.